The molecule has 0 radical (unpaired) electrons. The highest BCUT2D eigenvalue weighted by atomic mass is 16.2. The van der Waals surface area contributed by atoms with Crippen LogP contribution in [0.25, 0.3) is 0 Å². The number of carbonyl (C=O) groups is 1. The number of rotatable bonds is 6. The summed E-state index contributed by atoms with van der Waals surface area (Å²) in [6.45, 7) is 6.96. The van der Waals surface area contributed by atoms with Gasteiger partial charge in [0.2, 0.25) is 0 Å². The summed E-state index contributed by atoms with van der Waals surface area (Å²) in [4.78, 5) is 21.3. The summed E-state index contributed by atoms with van der Waals surface area (Å²) in [7, 11) is 0. The summed E-state index contributed by atoms with van der Waals surface area (Å²) in [5.41, 5.74) is 0. The summed E-state index contributed by atoms with van der Waals surface area (Å²) in [5.74, 6) is 1.35. The predicted molar refractivity (Wildman–Crippen MR) is 97.4 cm³/mol. The smallest absolute Gasteiger partial charge is 0.317 e. The highest BCUT2D eigenvalue weighted by Crippen LogP contribution is 2.25. The first kappa shape index (κ1) is 18.2. The van der Waals surface area contributed by atoms with Crippen molar-refractivity contribution in [1.29, 1.82) is 0 Å². The first-order valence-corrected chi connectivity index (χ1v) is 9.90. The SMILES string of the molecule is CCCCN1CCCC[C@H]1CNC(=O)N1CCC(c2ncn[nH]2)CC1. The van der Waals surface area contributed by atoms with Crippen LogP contribution in [-0.2, 0) is 0 Å². The molecular formula is C18H32N6O. The van der Waals surface area contributed by atoms with Crippen LogP contribution < -0.4 is 5.32 Å². The lowest BCUT2D eigenvalue weighted by molar-refractivity contribution is 0.137. The molecule has 1 aromatic rings. The predicted octanol–water partition coefficient (Wildman–Crippen LogP) is 2.35. The van der Waals surface area contributed by atoms with Crippen molar-refractivity contribution >= 4 is 6.03 Å². The van der Waals surface area contributed by atoms with Gasteiger partial charge in [-0.3, -0.25) is 10.00 Å². The van der Waals surface area contributed by atoms with Gasteiger partial charge in [0, 0.05) is 31.6 Å². The van der Waals surface area contributed by atoms with Gasteiger partial charge < -0.3 is 10.2 Å². The normalized spacial score (nSPS) is 22.9. The molecule has 0 bridgehead atoms. The molecule has 0 spiro atoms. The molecule has 1 aromatic heterocycles. The van der Waals surface area contributed by atoms with Crippen LogP contribution in [0.5, 0.6) is 0 Å². The third-order valence-corrected chi connectivity index (χ3v) is 5.64. The molecule has 7 heteroatoms. The molecule has 3 rings (SSSR count). The maximum Gasteiger partial charge on any atom is 0.317 e. The van der Waals surface area contributed by atoms with Crippen molar-refractivity contribution in [1.82, 2.24) is 30.3 Å². The van der Waals surface area contributed by atoms with Crippen LogP contribution in [0, 0.1) is 0 Å². The van der Waals surface area contributed by atoms with Crippen molar-refractivity contribution < 1.29 is 4.79 Å². The number of nitrogens with zero attached hydrogens (tertiary/aromatic N) is 4. The van der Waals surface area contributed by atoms with E-state index in [0.717, 1.165) is 38.3 Å². The van der Waals surface area contributed by atoms with E-state index in [1.807, 2.05) is 4.90 Å². The van der Waals surface area contributed by atoms with Crippen molar-refractivity contribution in [2.75, 3.05) is 32.7 Å². The van der Waals surface area contributed by atoms with Crippen molar-refractivity contribution in [3.8, 4) is 0 Å². The number of likely N-dealkylation sites (tertiary alicyclic amines) is 2. The van der Waals surface area contributed by atoms with E-state index in [0.29, 0.717) is 12.0 Å². The molecule has 140 valence electrons. The van der Waals surface area contributed by atoms with Crippen molar-refractivity contribution in [2.24, 2.45) is 0 Å². The number of urea groups is 1. The molecule has 2 fully saturated rings. The van der Waals surface area contributed by atoms with Crippen LogP contribution >= 0.6 is 0 Å². The van der Waals surface area contributed by atoms with Gasteiger partial charge in [0.15, 0.2) is 0 Å². The number of H-pyrrole nitrogens is 1. The number of amides is 2. The maximum absolute atomic E-state index is 12.5. The fourth-order valence-corrected chi connectivity index (χ4v) is 4.03. The Morgan fingerprint density at radius 2 is 2.12 bits per heavy atom. The zero-order valence-electron chi connectivity index (χ0n) is 15.4. The van der Waals surface area contributed by atoms with E-state index in [1.54, 1.807) is 6.33 Å². The van der Waals surface area contributed by atoms with Gasteiger partial charge in [0.05, 0.1) is 0 Å². The van der Waals surface area contributed by atoms with Crippen LogP contribution in [-0.4, -0.2) is 69.8 Å². The Balaban J connectivity index is 1.41. The molecular weight excluding hydrogens is 316 g/mol. The minimum Gasteiger partial charge on any atom is -0.336 e. The zero-order valence-corrected chi connectivity index (χ0v) is 15.4. The minimum absolute atomic E-state index is 0.0945. The first-order valence-electron chi connectivity index (χ1n) is 9.90. The molecule has 2 aliphatic rings. The van der Waals surface area contributed by atoms with Gasteiger partial charge in [-0.1, -0.05) is 19.8 Å². The Kier molecular flexibility index (Phi) is 6.67. The Morgan fingerprint density at radius 3 is 2.84 bits per heavy atom. The molecule has 2 saturated heterocycles. The number of carbonyl (C=O) groups excluding carboxylic acids is 1. The maximum atomic E-state index is 12.5. The van der Waals surface area contributed by atoms with E-state index in [1.165, 1.54) is 45.2 Å². The van der Waals surface area contributed by atoms with Gasteiger partial charge in [-0.25, -0.2) is 9.78 Å². The lowest BCUT2D eigenvalue weighted by Crippen LogP contribution is -2.50. The number of aromatic amines is 1. The average Bonchev–Trinajstić information content (AvgIpc) is 3.20. The summed E-state index contributed by atoms with van der Waals surface area (Å²) in [6.07, 6.45) is 9.73. The number of unbranched alkanes of at least 4 members (excludes halogenated alkanes) is 1. The largest absolute Gasteiger partial charge is 0.336 e. The van der Waals surface area contributed by atoms with Crippen LogP contribution in [0.3, 0.4) is 0 Å². The van der Waals surface area contributed by atoms with Crippen molar-refractivity contribution in [2.45, 2.75) is 63.8 Å². The van der Waals surface area contributed by atoms with E-state index in [9.17, 15) is 4.79 Å². The van der Waals surface area contributed by atoms with Crippen molar-refractivity contribution in [3.05, 3.63) is 12.2 Å². The Bertz CT molecular complexity index is 512. The number of aromatic nitrogens is 3. The Hall–Kier alpha value is -1.63. The summed E-state index contributed by atoms with van der Waals surface area (Å²) in [6, 6.07) is 0.605. The van der Waals surface area contributed by atoms with Gasteiger partial charge >= 0.3 is 6.03 Å². The van der Waals surface area contributed by atoms with Gasteiger partial charge in [-0.15, -0.1) is 0 Å². The van der Waals surface area contributed by atoms with Crippen LogP contribution in [0.4, 0.5) is 4.79 Å². The van der Waals surface area contributed by atoms with Crippen molar-refractivity contribution in [3.63, 3.8) is 0 Å². The highest BCUT2D eigenvalue weighted by molar-refractivity contribution is 5.74. The van der Waals surface area contributed by atoms with E-state index in [-0.39, 0.29) is 6.03 Å². The minimum atomic E-state index is 0.0945. The molecule has 0 unspecified atom stereocenters. The van der Waals surface area contributed by atoms with Gasteiger partial charge in [-0.05, 0) is 45.2 Å². The third-order valence-electron chi connectivity index (χ3n) is 5.64. The Labute approximate surface area is 150 Å². The highest BCUT2D eigenvalue weighted by Gasteiger charge is 2.27. The second kappa shape index (κ2) is 9.17. The average molecular weight is 348 g/mol. The number of hydrogen-bond acceptors (Lipinski definition) is 4. The second-order valence-corrected chi connectivity index (χ2v) is 7.36. The quantitative estimate of drug-likeness (QED) is 0.827. The van der Waals surface area contributed by atoms with E-state index < -0.39 is 0 Å². The second-order valence-electron chi connectivity index (χ2n) is 7.36. The van der Waals surface area contributed by atoms with E-state index in [4.69, 9.17) is 0 Å². The third kappa shape index (κ3) is 4.93. The number of piperidine rings is 2. The van der Waals surface area contributed by atoms with E-state index in [2.05, 4.69) is 32.3 Å². The van der Waals surface area contributed by atoms with Gasteiger partial charge in [-0.2, -0.15) is 5.10 Å². The number of nitrogens with one attached hydrogen (secondary N) is 2. The van der Waals surface area contributed by atoms with Gasteiger partial charge in [0.25, 0.3) is 0 Å². The zero-order chi connectivity index (χ0) is 17.5. The summed E-state index contributed by atoms with van der Waals surface area (Å²) >= 11 is 0. The summed E-state index contributed by atoms with van der Waals surface area (Å²) in [5, 5.41) is 10.1. The molecule has 0 aliphatic carbocycles. The van der Waals surface area contributed by atoms with Crippen LogP contribution in [0.15, 0.2) is 6.33 Å². The lowest BCUT2D eigenvalue weighted by atomic mass is 9.96. The Morgan fingerprint density at radius 1 is 1.28 bits per heavy atom. The molecule has 2 N–H and O–H groups in total. The van der Waals surface area contributed by atoms with Crippen LogP contribution in [0.1, 0.15) is 63.6 Å². The monoisotopic (exact) mass is 348 g/mol. The molecule has 1 atom stereocenters. The number of hydrogen-bond donors (Lipinski definition) is 2. The molecule has 3 heterocycles. The van der Waals surface area contributed by atoms with Crippen LogP contribution in [0.2, 0.25) is 0 Å². The molecule has 0 aromatic carbocycles. The first-order chi connectivity index (χ1) is 12.3. The molecule has 7 nitrogen and oxygen atoms in total. The lowest BCUT2D eigenvalue weighted by Gasteiger charge is -2.37. The molecule has 25 heavy (non-hydrogen) atoms. The topological polar surface area (TPSA) is 77.2 Å². The molecule has 2 amide bonds. The summed E-state index contributed by atoms with van der Waals surface area (Å²) < 4.78 is 0. The standard InChI is InChI=1S/C18H32N6O/c1-2-3-9-23-10-5-4-6-16(23)13-19-18(25)24-11-7-15(8-12-24)17-20-14-21-22-17/h14-16H,2-13H2,1H3,(H,19,25)(H,20,21,22)/t16-/m0/s1. The fourth-order valence-electron chi connectivity index (χ4n) is 4.03. The fraction of sp³-hybridized carbons (Fsp3) is 0.833. The molecule has 0 saturated carbocycles. The molecule has 2 aliphatic heterocycles. The van der Waals surface area contributed by atoms with E-state index >= 15 is 0 Å². The van der Waals surface area contributed by atoms with Gasteiger partial charge in [0.1, 0.15) is 12.2 Å².